The maximum absolute atomic E-state index is 8.96. The third-order valence-corrected chi connectivity index (χ3v) is 2.74. The summed E-state index contributed by atoms with van der Waals surface area (Å²) in [6.07, 6.45) is 0.721. The Morgan fingerprint density at radius 1 is 1.28 bits per heavy atom. The molecule has 0 aliphatic rings. The molecule has 1 aromatic heterocycles. The van der Waals surface area contributed by atoms with Crippen molar-refractivity contribution in [1.82, 2.24) is 9.97 Å². The normalized spacial score (nSPS) is 11.3. The van der Waals surface area contributed by atoms with Gasteiger partial charge in [0.25, 0.3) is 0 Å². The SMILES string of the molecule is CC(C)c1nc(N)cc(N(CCCO)C(C)C)n1. The van der Waals surface area contributed by atoms with Gasteiger partial charge in [0.2, 0.25) is 0 Å². The first-order chi connectivity index (χ1) is 8.45. The van der Waals surface area contributed by atoms with Gasteiger partial charge >= 0.3 is 0 Å². The lowest BCUT2D eigenvalue weighted by Crippen LogP contribution is -2.33. The van der Waals surface area contributed by atoms with E-state index in [0.29, 0.717) is 11.9 Å². The van der Waals surface area contributed by atoms with Gasteiger partial charge in [-0.25, -0.2) is 9.97 Å². The second kappa shape index (κ2) is 6.54. The summed E-state index contributed by atoms with van der Waals surface area (Å²) in [7, 11) is 0. The molecule has 0 radical (unpaired) electrons. The van der Waals surface area contributed by atoms with Crippen molar-refractivity contribution < 1.29 is 5.11 Å². The molecule has 0 bridgehead atoms. The minimum atomic E-state index is 0.181. The fourth-order valence-corrected chi connectivity index (χ4v) is 1.76. The number of aliphatic hydroxyl groups is 1. The summed E-state index contributed by atoms with van der Waals surface area (Å²) >= 11 is 0. The van der Waals surface area contributed by atoms with E-state index in [4.69, 9.17) is 10.8 Å². The number of anilines is 2. The predicted octanol–water partition coefficient (Wildman–Crippen LogP) is 1.78. The molecule has 0 unspecified atom stereocenters. The van der Waals surface area contributed by atoms with Crippen LogP contribution in [0, 0.1) is 0 Å². The van der Waals surface area contributed by atoms with E-state index >= 15 is 0 Å². The summed E-state index contributed by atoms with van der Waals surface area (Å²) in [5.74, 6) is 2.35. The van der Waals surface area contributed by atoms with Crippen molar-refractivity contribution in [1.29, 1.82) is 0 Å². The lowest BCUT2D eigenvalue weighted by Gasteiger charge is -2.28. The van der Waals surface area contributed by atoms with Crippen LogP contribution in [0.25, 0.3) is 0 Å². The van der Waals surface area contributed by atoms with Gasteiger partial charge in [-0.1, -0.05) is 13.8 Å². The average molecular weight is 252 g/mol. The van der Waals surface area contributed by atoms with Crippen LogP contribution < -0.4 is 10.6 Å². The maximum atomic E-state index is 8.96. The monoisotopic (exact) mass is 252 g/mol. The van der Waals surface area contributed by atoms with Gasteiger partial charge in [0.15, 0.2) is 0 Å². The Hall–Kier alpha value is -1.36. The average Bonchev–Trinajstić information content (AvgIpc) is 2.28. The smallest absolute Gasteiger partial charge is 0.135 e. The van der Waals surface area contributed by atoms with Crippen molar-refractivity contribution in [3.05, 3.63) is 11.9 Å². The number of hydrogen-bond donors (Lipinski definition) is 2. The number of nitrogens with two attached hydrogens (primary N) is 1. The van der Waals surface area contributed by atoms with E-state index in [2.05, 4.69) is 28.7 Å². The third kappa shape index (κ3) is 3.84. The van der Waals surface area contributed by atoms with Crippen LogP contribution in [0.3, 0.4) is 0 Å². The van der Waals surface area contributed by atoms with Crippen LogP contribution in [0.15, 0.2) is 6.07 Å². The van der Waals surface area contributed by atoms with Crippen molar-refractivity contribution >= 4 is 11.6 Å². The van der Waals surface area contributed by atoms with Gasteiger partial charge in [0, 0.05) is 31.2 Å². The molecule has 0 saturated heterocycles. The first kappa shape index (κ1) is 14.7. The highest BCUT2D eigenvalue weighted by molar-refractivity contribution is 5.47. The van der Waals surface area contributed by atoms with E-state index in [-0.39, 0.29) is 12.5 Å². The summed E-state index contributed by atoms with van der Waals surface area (Å²) < 4.78 is 0. The van der Waals surface area contributed by atoms with Gasteiger partial charge in [0.1, 0.15) is 17.5 Å². The fraction of sp³-hybridized carbons (Fsp3) is 0.692. The molecule has 1 rings (SSSR count). The molecule has 0 aliphatic carbocycles. The summed E-state index contributed by atoms with van der Waals surface area (Å²) in [5, 5.41) is 8.96. The molecule has 0 saturated carbocycles. The topological polar surface area (TPSA) is 75.3 Å². The Labute approximate surface area is 109 Å². The van der Waals surface area contributed by atoms with E-state index < -0.39 is 0 Å². The zero-order chi connectivity index (χ0) is 13.7. The first-order valence-corrected chi connectivity index (χ1v) is 6.47. The maximum Gasteiger partial charge on any atom is 0.135 e. The molecule has 0 spiro atoms. The van der Waals surface area contributed by atoms with E-state index in [9.17, 15) is 0 Å². The van der Waals surface area contributed by atoms with E-state index in [1.54, 1.807) is 6.07 Å². The van der Waals surface area contributed by atoms with Crippen LogP contribution in [0.5, 0.6) is 0 Å². The molecule has 5 nitrogen and oxygen atoms in total. The van der Waals surface area contributed by atoms with Crippen molar-refractivity contribution in [2.75, 3.05) is 23.8 Å². The molecule has 1 aromatic rings. The minimum absolute atomic E-state index is 0.181. The highest BCUT2D eigenvalue weighted by Gasteiger charge is 2.14. The van der Waals surface area contributed by atoms with Gasteiger partial charge < -0.3 is 15.7 Å². The number of rotatable bonds is 6. The molecule has 102 valence electrons. The Bertz CT molecular complexity index is 379. The van der Waals surface area contributed by atoms with Gasteiger partial charge in [-0.3, -0.25) is 0 Å². The molecular formula is C13H24N4O. The standard InChI is InChI=1S/C13H24N4O/c1-9(2)13-15-11(14)8-12(16-13)17(10(3)4)6-5-7-18/h8-10,18H,5-7H2,1-4H3,(H2,14,15,16). The molecule has 0 fully saturated rings. The largest absolute Gasteiger partial charge is 0.396 e. The summed E-state index contributed by atoms with van der Waals surface area (Å²) in [6.45, 7) is 9.25. The van der Waals surface area contributed by atoms with Gasteiger partial charge in [-0.15, -0.1) is 0 Å². The second-order valence-electron chi connectivity index (χ2n) is 5.03. The van der Waals surface area contributed by atoms with Crippen molar-refractivity contribution in [2.24, 2.45) is 0 Å². The Morgan fingerprint density at radius 3 is 2.44 bits per heavy atom. The Kier molecular flexibility index (Phi) is 5.34. The molecule has 0 atom stereocenters. The minimum Gasteiger partial charge on any atom is -0.396 e. The number of hydrogen-bond acceptors (Lipinski definition) is 5. The second-order valence-corrected chi connectivity index (χ2v) is 5.03. The quantitative estimate of drug-likeness (QED) is 0.807. The summed E-state index contributed by atoms with van der Waals surface area (Å²) in [4.78, 5) is 10.9. The predicted molar refractivity (Wildman–Crippen MR) is 74.7 cm³/mol. The molecular weight excluding hydrogens is 228 g/mol. The lowest BCUT2D eigenvalue weighted by atomic mass is 10.2. The van der Waals surface area contributed by atoms with Crippen LogP contribution in [-0.4, -0.2) is 34.3 Å². The van der Waals surface area contributed by atoms with Gasteiger partial charge in [0.05, 0.1) is 0 Å². The third-order valence-electron chi connectivity index (χ3n) is 2.74. The van der Waals surface area contributed by atoms with E-state index in [1.807, 2.05) is 13.8 Å². The van der Waals surface area contributed by atoms with Crippen LogP contribution in [-0.2, 0) is 0 Å². The van der Waals surface area contributed by atoms with E-state index in [1.165, 1.54) is 0 Å². The molecule has 3 N–H and O–H groups in total. The number of aliphatic hydroxyl groups excluding tert-OH is 1. The fourth-order valence-electron chi connectivity index (χ4n) is 1.76. The van der Waals surface area contributed by atoms with E-state index in [0.717, 1.165) is 24.6 Å². The molecule has 18 heavy (non-hydrogen) atoms. The molecule has 0 aromatic carbocycles. The zero-order valence-corrected chi connectivity index (χ0v) is 11.7. The number of aromatic nitrogens is 2. The van der Waals surface area contributed by atoms with Gasteiger partial charge in [-0.05, 0) is 20.3 Å². The highest BCUT2D eigenvalue weighted by atomic mass is 16.3. The van der Waals surface area contributed by atoms with Crippen LogP contribution in [0.2, 0.25) is 0 Å². The number of nitrogen functional groups attached to an aromatic ring is 1. The van der Waals surface area contributed by atoms with Gasteiger partial charge in [-0.2, -0.15) is 0 Å². The summed E-state index contributed by atoms with van der Waals surface area (Å²) in [6, 6.07) is 2.11. The lowest BCUT2D eigenvalue weighted by molar-refractivity contribution is 0.288. The molecule has 0 aliphatic heterocycles. The Morgan fingerprint density at radius 2 is 1.94 bits per heavy atom. The zero-order valence-electron chi connectivity index (χ0n) is 11.7. The van der Waals surface area contributed by atoms with Crippen molar-refractivity contribution in [3.63, 3.8) is 0 Å². The molecule has 5 heteroatoms. The van der Waals surface area contributed by atoms with Crippen LogP contribution >= 0.6 is 0 Å². The molecule has 0 amide bonds. The number of nitrogens with zero attached hydrogens (tertiary/aromatic N) is 3. The van der Waals surface area contributed by atoms with Crippen molar-refractivity contribution in [3.8, 4) is 0 Å². The first-order valence-electron chi connectivity index (χ1n) is 6.47. The highest BCUT2D eigenvalue weighted by Crippen LogP contribution is 2.20. The Balaban J connectivity index is 3.03. The van der Waals surface area contributed by atoms with Crippen molar-refractivity contribution in [2.45, 2.75) is 46.1 Å². The molecule has 1 heterocycles. The van der Waals surface area contributed by atoms with Crippen LogP contribution in [0.4, 0.5) is 11.6 Å². The van der Waals surface area contributed by atoms with Crippen LogP contribution in [0.1, 0.15) is 45.9 Å². The summed E-state index contributed by atoms with van der Waals surface area (Å²) in [5.41, 5.74) is 5.84.